The summed E-state index contributed by atoms with van der Waals surface area (Å²) in [6, 6.07) is 0. The minimum atomic E-state index is -2.57. The van der Waals surface area contributed by atoms with Crippen LogP contribution in [0, 0.1) is 5.92 Å². The minimum absolute atomic E-state index is 0.112. The van der Waals surface area contributed by atoms with Crippen LogP contribution in [0.1, 0.15) is 45.4 Å². The molecule has 0 radical (unpaired) electrons. The first-order valence-corrected chi connectivity index (χ1v) is 7.30. The Bertz CT molecular complexity index is 355. The van der Waals surface area contributed by atoms with Gasteiger partial charge < -0.3 is 15.2 Å². The molecule has 0 unspecified atom stereocenters. The molecular weight excluding hydrogens is 284 g/mol. The van der Waals surface area contributed by atoms with E-state index in [-0.39, 0.29) is 13.0 Å². The zero-order valence-electron chi connectivity index (χ0n) is 12.2. The van der Waals surface area contributed by atoms with Gasteiger partial charge in [0.15, 0.2) is 0 Å². The molecule has 0 heterocycles. The summed E-state index contributed by atoms with van der Waals surface area (Å²) >= 11 is 0. The van der Waals surface area contributed by atoms with Gasteiger partial charge >= 0.3 is 5.97 Å². The third-order valence-corrected chi connectivity index (χ3v) is 4.04. The monoisotopic (exact) mass is 307 g/mol. The summed E-state index contributed by atoms with van der Waals surface area (Å²) in [7, 11) is 0. The van der Waals surface area contributed by atoms with Gasteiger partial charge in [-0.1, -0.05) is 13.3 Å². The predicted molar refractivity (Wildman–Crippen MR) is 72.2 cm³/mol. The normalized spacial score (nSPS) is 25.8. The molecule has 5 nitrogen and oxygen atoms in total. The quantitative estimate of drug-likeness (QED) is 0.674. The van der Waals surface area contributed by atoms with E-state index in [1.165, 1.54) is 0 Å². The van der Waals surface area contributed by atoms with Crippen LogP contribution in [-0.2, 0) is 14.3 Å². The van der Waals surface area contributed by atoms with E-state index in [2.05, 4.69) is 17.0 Å². The topological polar surface area (TPSA) is 75.6 Å². The van der Waals surface area contributed by atoms with E-state index in [0.717, 1.165) is 19.3 Å². The largest absolute Gasteiger partial charge is 0.480 e. The Morgan fingerprint density at radius 2 is 2.00 bits per heavy atom. The summed E-state index contributed by atoms with van der Waals surface area (Å²) in [5.74, 6) is -0.996. The Balaban J connectivity index is 2.44. The second-order valence-electron chi connectivity index (χ2n) is 5.50. The maximum absolute atomic E-state index is 11.9. The fourth-order valence-corrected chi connectivity index (χ4v) is 2.64. The van der Waals surface area contributed by atoms with Gasteiger partial charge in [-0.3, -0.25) is 4.79 Å². The number of carboxylic acids is 1. The molecule has 0 aromatic heterocycles. The zero-order chi connectivity index (χ0) is 15.9. The standard InChI is InChI=1S/C14H23F2NO4/c1-2-10-3-6-14(7-4-10,13(19)20)17-12(18)5-8-21-9-11(15)16/h10-11H,2-9H2,1H3,(H,17,18)(H,19,20). The number of alkyl halides is 2. The summed E-state index contributed by atoms with van der Waals surface area (Å²) in [6.45, 7) is 1.22. The highest BCUT2D eigenvalue weighted by molar-refractivity contribution is 5.87. The molecule has 1 aliphatic rings. The number of rotatable bonds is 8. The molecule has 0 aromatic rings. The third-order valence-electron chi connectivity index (χ3n) is 4.04. The fourth-order valence-electron chi connectivity index (χ4n) is 2.64. The smallest absolute Gasteiger partial charge is 0.329 e. The minimum Gasteiger partial charge on any atom is -0.480 e. The van der Waals surface area contributed by atoms with Gasteiger partial charge in [-0.25, -0.2) is 13.6 Å². The maximum Gasteiger partial charge on any atom is 0.329 e. The van der Waals surface area contributed by atoms with Crippen LogP contribution in [-0.4, -0.2) is 42.2 Å². The van der Waals surface area contributed by atoms with Crippen LogP contribution in [0.25, 0.3) is 0 Å². The molecule has 21 heavy (non-hydrogen) atoms. The van der Waals surface area contributed by atoms with Crippen molar-refractivity contribution >= 4 is 11.9 Å². The molecule has 0 aliphatic heterocycles. The van der Waals surface area contributed by atoms with E-state index in [1.807, 2.05) is 0 Å². The Hall–Kier alpha value is -1.24. The van der Waals surface area contributed by atoms with E-state index in [0.29, 0.717) is 18.8 Å². The predicted octanol–water partition coefficient (Wildman–Crippen LogP) is 2.20. The van der Waals surface area contributed by atoms with E-state index in [9.17, 15) is 23.5 Å². The van der Waals surface area contributed by atoms with E-state index in [4.69, 9.17) is 0 Å². The second-order valence-corrected chi connectivity index (χ2v) is 5.50. The number of carboxylic acid groups (broad SMARTS) is 1. The number of carbonyl (C=O) groups excluding carboxylic acids is 1. The lowest BCUT2D eigenvalue weighted by molar-refractivity contribution is -0.150. The number of hydrogen-bond donors (Lipinski definition) is 2. The van der Waals surface area contributed by atoms with E-state index in [1.54, 1.807) is 0 Å². The zero-order valence-corrected chi connectivity index (χ0v) is 12.2. The van der Waals surface area contributed by atoms with Gasteiger partial charge in [-0.15, -0.1) is 0 Å². The molecule has 1 aliphatic carbocycles. The molecule has 0 aromatic carbocycles. The SMILES string of the molecule is CCC1CCC(NC(=O)CCOCC(F)F)(C(=O)O)CC1. The molecule has 122 valence electrons. The Morgan fingerprint density at radius 3 is 2.48 bits per heavy atom. The van der Waals surface area contributed by atoms with Crippen molar-refractivity contribution in [1.82, 2.24) is 5.32 Å². The van der Waals surface area contributed by atoms with Gasteiger partial charge in [0.1, 0.15) is 12.1 Å². The maximum atomic E-state index is 11.9. The first-order valence-electron chi connectivity index (χ1n) is 7.30. The lowest BCUT2D eigenvalue weighted by Crippen LogP contribution is -2.56. The van der Waals surface area contributed by atoms with Crippen molar-refractivity contribution in [2.45, 2.75) is 57.4 Å². The molecule has 1 saturated carbocycles. The molecule has 7 heteroatoms. The molecule has 1 fully saturated rings. The van der Waals surface area contributed by atoms with Crippen LogP contribution in [0.4, 0.5) is 8.78 Å². The highest BCUT2D eigenvalue weighted by atomic mass is 19.3. The molecule has 0 atom stereocenters. The first-order chi connectivity index (χ1) is 9.89. The van der Waals surface area contributed by atoms with Crippen LogP contribution in [0.2, 0.25) is 0 Å². The third kappa shape index (κ3) is 5.57. The first kappa shape index (κ1) is 17.8. The average Bonchev–Trinajstić information content (AvgIpc) is 2.44. The number of carbonyl (C=O) groups is 2. The van der Waals surface area contributed by atoms with Crippen molar-refractivity contribution in [1.29, 1.82) is 0 Å². The molecule has 0 bridgehead atoms. The number of ether oxygens (including phenoxy) is 1. The van der Waals surface area contributed by atoms with Gasteiger partial charge in [-0.05, 0) is 31.6 Å². The van der Waals surface area contributed by atoms with Crippen molar-refractivity contribution in [2.24, 2.45) is 5.92 Å². The van der Waals surface area contributed by atoms with Crippen LogP contribution in [0.15, 0.2) is 0 Å². The van der Waals surface area contributed by atoms with Crippen LogP contribution >= 0.6 is 0 Å². The summed E-state index contributed by atoms with van der Waals surface area (Å²) in [5, 5.41) is 12.0. The highest BCUT2D eigenvalue weighted by Crippen LogP contribution is 2.34. The summed E-state index contributed by atoms with van der Waals surface area (Å²) < 4.78 is 28.4. The van der Waals surface area contributed by atoms with Crippen LogP contribution in [0.3, 0.4) is 0 Å². The molecule has 0 spiro atoms. The van der Waals surface area contributed by atoms with E-state index < -0.39 is 30.4 Å². The molecular formula is C14H23F2NO4. The average molecular weight is 307 g/mol. The van der Waals surface area contributed by atoms with Crippen molar-refractivity contribution < 1.29 is 28.2 Å². The van der Waals surface area contributed by atoms with Gasteiger partial charge in [0.05, 0.1) is 6.61 Å². The Labute approximate surface area is 123 Å². The molecule has 1 amide bonds. The summed E-state index contributed by atoms with van der Waals surface area (Å²) in [5.41, 5.74) is -1.22. The van der Waals surface area contributed by atoms with Crippen molar-refractivity contribution in [2.75, 3.05) is 13.2 Å². The number of amides is 1. The van der Waals surface area contributed by atoms with Gasteiger partial charge in [0.25, 0.3) is 6.43 Å². The number of nitrogens with one attached hydrogen (secondary N) is 1. The van der Waals surface area contributed by atoms with Crippen molar-refractivity contribution in [3.05, 3.63) is 0 Å². The number of hydrogen-bond acceptors (Lipinski definition) is 3. The summed E-state index contributed by atoms with van der Waals surface area (Å²) in [6.07, 6.45) is 0.678. The summed E-state index contributed by atoms with van der Waals surface area (Å²) in [4.78, 5) is 23.3. The van der Waals surface area contributed by atoms with E-state index >= 15 is 0 Å². The Kier molecular flexibility index (Phi) is 7.01. The van der Waals surface area contributed by atoms with Gasteiger partial charge in [-0.2, -0.15) is 0 Å². The second kappa shape index (κ2) is 8.26. The lowest BCUT2D eigenvalue weighted by Gasteiger charge is -2.37. The number of halogens is 2. The van der Waals surface area contributed by atoms with Crippen LogP contribution in [0.5, 0.6) is 0 Å². The Morgan fingerprint density at radius 1 is 1.38 bits per heavy atom. The van der Waals surface area contributed by atoms with Gasteiger partial charge in [0.2, 0.25) is 5.91 Å². The lowest BCUT2D eigenvalue weighted by atomic mass is 9.75. The molecule has 1 rings (SSSR count). The number of aliphatic carboxylic acids is 1. The van der Waals surface area contributed by atoms with Crippen molar-refractivity contribution in [3.63, 3.8) is 0 Å². The van der Waals surface area contributed by atoms with Gasteiger partial charge in [0, 0.05) is 6.42 Å². The fraction of sp³-hybridized carbons (Fsp3) is 0.857. The van der Waals surface area contributed by atoms with Crippen LogP contribution < -0.4 is 5.32 Å². The highest BCUT2D eigenvalue weighted by Gasteiger charge is 2.42. The molecule has 2 N–H and O–H groups in total. The molecule has 0 saturated heterocycles. The van der Waals surface area contributed by atoms with Crippen molar-refractivity contribution in [3.8, 4) is 0 Å².